The van der Waals surface area contributed by atoms with Crippen molar-refractivity contribution < 1.29 is 4.74 Å². The molecule has 8 heteroatoms. The zero-order valence-corrected chi connectivity index (χ0v) is 15.2. The van der Waals surface area contributed by atoms with Crippen molar-refractivity contribution >= 4 is 5.95 Å². The molecule has 0 aromatic carbocycles. The fourth-order valence-electron chi connectivity index (χ4n) is 4.45. The van der Waals surface area contributed by atoms with E-state index in [4.69, 9.17) is 4.74 Å². The molecule has 0 bridgehead atoms. The highest BCUT2D eigenvalue weighted by Gasteiger charge is 2.43. The van der Waals surface area contributed by atoms with E-state index in [0.717, 1.165) is 49.3 Å². The van der Waals surface area contributed by atoms with Crippen LogP contribution in [0.2, 0.25) is 0 Å². The van der Waals surface area contributed by atoms with Crippen molar-refractivity contribution in [2.24, 2.45) is 11.8 Å². The highest BCUT2D eigenvalue weighted by Crippen LogP contribution is 2.52. The summed E-state index contributed by atoms with van der Waals surface area (Å²) in [5, 5.41) is 12.6. The van der Waals surface area contributed by atoms with Crippen LogP contribution in [-0.2, 0) is 0 Å². The topological polar surface area (TPSA) is 81.9 Å². The summed E-state index contributed by atoms with van der Waals surface area (Å²) in [6, 6.07) is 0.943. The van der Waals surface area contributed by atoms with Gasteiger partial charge in [-0.25, -0.2) is 14.6 Å². The smallest absolute Gasteiger partial charge is 0.316 e. The lowest BCUT2D eigenvalue weighted by atomic mass is 9.96. The van der Waals surface area contributed by atoms with Crippen molar-refractivity contribution in [3.8, 4) is 6.01 Å². The van der Waals surface area contributed by atoms with Crippen LogP contribution >= 0.6 is 0 Å². The molecule has 2 aromatic rings. The summed E-state index contributed by atoms with van der Waals surface area (Å²) >= 11 is 0. The molecule has 0 N–H and O–H groups in total. The summed E-state index contributed by atoms with van der Waals surface area (Å²) in [4.78, 5) is 10.8. The summed E-state index contributed by atoms with van der Waals surface area (Å²) in [7, 11) is 0. The Morgan fingerprint density at radius 2 is 1.81 bits per heavy atom. The summed E-state index contributed by atoms with van der Waals surface area (Å²) < 4.78 is 8.02. The summed E-state index contributed by atoms with van der Waals surface area (Å²) in [5.41, 5.74) is 1.04. The van der Waals surface area contributed by atoms with Crippen LogP contribution in [0.4, 0.5) is 5.95 Å². The van der Waals surface area contributed by atoms with E-state index < -0.39 is 0 Å². The van der Waals surface area contributed by atoms with Crippen molar-refractivity contribution in [1.82, 2.24) is 30.2 Å². The highest BCUT2D eigenvalue weighted by molar-refractivity contribution is 5.29. The number of anilines is 1. The van der Waals surface area contributed by atoms with Gasteiger partial charge in [-0.3, -0.25) is 0 Å². The number of tetrazole rings is 1. The maximum absolute atomic E-state index is 5.93. The van der Waals surface area contributed by atoms with E-state index in [1.165, 1.54) is 25.7 Å². The predicted molar refractivity (Wildman–Crippen MR) is 94.9 cm³/mol. The summed E-state index contributed by atoms with van der Waals surface area (Å²) in [6.45, 7) is 3.77. The second-order valence-corrected chi connectivity index (χ2v) is 7.99. The Kier molecular flexibility index (Phi) is 3.98. The molecule has 8 nitrogen and oxygen atoms in total. The molecule has 138 valence electrons. The second kappa shape index (κ2) is 6.48. The molecule has 3 aliphatic rings. The average Bonchev–Trinajstić information content (AvgIpc) is 3.29. The molecule has 2 aliphatic carbocycles. The first-order chi connectivity index (χ1) is 12.8. The largest absolute Gasteiger partial charge is 0.460 e. The number of aromatic nitrogens is 6. The SMILES string of the molecule is Cc1cnc(OC2CCN(c3nnnn3C3CCC4CC4C3)CC2)nc1. The van der Waals surface area contributed by atoms with E-state index in [9.17, 15) is 0 Å². The maximum atomic E-state index is 5.93. The predicted octanol–water partition coefficient (Wildman–Crippen LogP) is 2.18. The number of ether oxygens (including phenoxy) is 1. The highest BCUT2D eigenvalue weighted by atomic mass is 16.5. The van der Waals surface area contributed by atoms with E-state index in [2.05, 4.69) is 35.1 Å². The molecule has 3 fully saturated rings. The Balaban J connectivity index is 1.20. The monoisotopic (exact) mass is 355 g/mol. The van der Waals surface area contributed by atoms with Crippen LogP contribution in [-0.4, -0.2) is 49.4 Å². The Labute approximate surface area is 153 Å². The van der Waals surface area contributed by atoms with Crippen LogP contribution in [0.5, 0.6) is 6.01 Å². The van der Waals surface area contributed by atoms with E-state index in [-0.39, 0.29) is 6.10 Å². The van der Waals surface area contributed by atoms with Gasteiger partial charge in [0.2, 0.25) is 5.95 Å². The molecule has 1 saturated heterocycles. The number of nitrogens with zero attached hydrogens (tertiary/aromatic N) is 7. The number of hydrogen-bond acceptors (Lipinski definition) is 7. The van der Waals surface area contributed by atoms with Gasteiger partial charge in [-0.2, -0.15) is 0 Å². The number of piperidine rings is 1. The number of aryl methyl sites for hydroxylation is 1. The Hall–Kier alpha value is -2.25. The van der Waals surface area contributed by atoms with E-state index in [1.807, 2.05) is 6.92 Å². The maximum Gasteiger partial charge on any atom is 0.316 e. The molecule has 26 heavy (non-hydrogen) atoms. The van der Waals surface area contributed by atoms with Crippen LogP contribution < -0.4 is 9.64 Å². The van der Waals surface area contributed by atoms with Crippen LogP contribution in [0.15, 0.2) is 12.4 Å². The Morgan fingerprint density at radius 3 is 2.58 bits per heavy atom. The molecule has 3 heterocycles. The van der Waals surface area contributed by atoms with Gasteiger partial charge in [0, 0.05) is 38.3 Å². The summed E-state index contributed by atoms with van der Waals surface area (Å²) in [5.74, 6) is 2.83. The summed E-state index contributed by atoms with van der Waals surface area (Å²) in [6.07, 6.45) is 10.8. The van der Waals surface area contributed by atoms with Gasteiger partial charge in [-0.1, -0.05) is 5.10 Å². The van der Waals surface area contributed by atoms with Crippen LogP contribution in [0, 0.1) is 18.8 Å². The van der Waals surface area contributed by atoms with E-state index in [1.54, 1.807) is 12.4 Å². The minimum atomic E-state index is 0.153. The second-order valence-electron chi connectivity index (χ2n) is 7.99. The van der Waals surface area contributed by atoms with Gasteiger partial charge in [0.1, 0.15) is 6.10 Å². The van der Waals surface area contributed by atoms with Gasteiger partial charge in [0.05, 0.1) is 6.04 Å². The Morgan fingerprint density at radius 1 is 1.00 bits per heavy atom. The lowest BCUT2D eigenvalue weighted by Crippen LogP contribution is -2.40. The molecule has 1 aliphatic heterocycles. The van der Waals surface area contributed by atoms with E-state index in [0.29, 0.717) is 12.1 Å². The quantitative estimate of drug-likeness (QED) is 0.831. The van der Waals surface area contributed by atoms with Crippen LogP contribution in [0.1, 0.15) is 50.1 Å². The number of fused-ring (bicyclic) bond motifs is 1. The first kappa shape index (κ1) is 16.0. The van der Waals surface area contributed by atoms with Gasteiger partial charge in [0.15, 0.2) is 0 Å². The lowest BCUT2D eigenvalue weighted by molar-refractivity contribution is 0.155. The van der Waals surface area contributed by atoms with Gasteiger partial charge in [-0.15, -0.1) is 0 Å². The third kappa shape index (κ3) is 3.12. The van der Waals surface area contributed by atoms with Gasteiger partial charge < -0.3 is 9.64 Å². The van der Waals surface area contributed by atoms with Crippen molar-refractivity contribution in [2.45, 2.75) is 57.6 Å². The molecule has 3 atom stereocenters. The minimum absolute atomic E-state index is 0.153. The zero-order valence-electron chi connectivity index (χ0n) is 15.2. The fourth-order valence-corrected chi connectivity index (χ4v) is 4.45. The first-order valence-electron chi connectivity index (χ1n) is 9.74. The molecular weight excluding hydrogens is 330 g/mol. The lowest BCUT2D eigenvalue weighted by Gasteiger charge is -2.33. The fraction of sp³-hybridized carbons (Fsp3) is 0.722. The van der Waals surface area contributed by atoms with Crippen molar-refractivity contribution in [1.29, 1.82) is 0 Å². The van der Waals surface area contributed by atoms with Crippen molar-refractivity contribution in [2.75, 3.05) is 18.0 Å². The van der Waals surface area contributed by atoms with Gasteiger partial charge >= 0.3 is 6.01 Å². The van der Waals surface area contributed by atoms with Crippen LogP contribution in [0.3, 0.4) is 0 Å². The zero-order chi connectivity index (χ0) is 17.5. The van der Waals surface area contributed by atoms with Crippen molar-refractivity contribution in [3.63, 3.8) is 0 Å². The first-order valence-corrected chi connectivity index (χ1v) is 9.74. The molecule has 3 unspecified atom stereocenters. The van der Waals surface area contributed by atoms with Gasteiger partial charge in [0.25, 0.3) is 0 Å². The number of hydrogen-bond donors (Lipinski definition) is 0. The molecule has 2 saturated carbocycles. The molecule has 0 amide bonds. The standard InChI is InChI=1S/C18H25N7O/c1-12-10-19-17(20-11-12)26-16-4-6-24(7-5-16)18-21-22-23-25(18)15-3-2-13-8-14(13)9-15/h10-11,13-16H,2-9H2,1H3. The third-order valence-corrected chi connectivity index (χ3v) is 6.09. The molecule has 0 spiro atoms. The van der Waals surface area contributed by atoms with Gasteiger partial charge in [-0.05, 0) is 60.4 Å². The molecule has 5 rings (SSSR count). The average molecular weight is 355 g/mol. The minimum Gasteiger partial charge on any atom is -0.460 e. The number of rotatable bonds is 4. The normalized spacial score (nSPS) is 28.7. The molecule has 0 radical (unpaired) electrons. The molecule has 2 aromatic heterocycles. The third-order valence-electron chi connectivity index (χ3n) is 6.09. The van der Waals surface area contributed by atoms with Crippen molar-refractivity contribution in [3.05, 3.63) is 18.0 Å². The van der Waals surface area contributed by atoms with Crippen LogP contribution in [0.25, 0.3) is 0 Å². The molecular formula is C18H25N7O. The van der Waals surface area contributed by atoms with E-state index >= 15 is 0 Å². The Bertz CT molecular complexity index is 753.